The minimum Gasteiger partial charge on any atom is -0.493 e. The average molecular weight is 486 g/mol. The fraction of sp³-hybridized carbons (Fsp3) is 0.222. The van der Waals surface area contributed by atoms with Crippen molar-refractivity contribution in [3.05, 3.63) is 56.5 Å². The van der Waals surface area contributed by atoms with E-state index in [0.29, 0.717) is 23.7 Å². The number of carbonyl (C=O) groups is 2. The number of ether oxygens (including phenoxy) is 2. The Morgan fingerprint density at radius 1 is 1.04 bits per heavy atom. The van der Waals surface area contributed by atoms with Crippen LogP contribution in [0, 0.1) is 6.92 Å². The van der Waals surface area contributed by atoms with E-state index in [1.54, 1.807) is 24.3 Å². The molecule has 0 spiro atoms. The molecule has 0 fully saturated rings. The molecule has 0 aliphatic rings. The predicted octanol–water partition coefficient (Wildman–Crippen LogP) is 3.76. The molecular weight excluding hydrogens is 468 g/mol. The van der Waals surface area contributed by atoms with E-state index >= 15 is 0 Å². The molecule has 0 bridgehead atoms. The number of aryl methyl sites for hydroxylation is 1. The lowest BCUT2D eigenvalue weighted by molar-refractivity contribution is -0.123. The van der Waals surface area contributed by atoms with Crippen LogP contribution in [0.4, 0.5) is 0 Å². The highest BCUT2D eigenvalue weighted by Gasteiger charge is 2.14. The van der Waals surface area contributed by atoms with Gasteiger partial charge in [-0.1, -0.05) is 31.9 Å². The normalized spacial score (nSPS) is 10.2. The van der Waals surface area contributed by atoms with Crippen molar-refractivity contribution in [2.75, 3.05) is 13.2 Å². The maximum atomic E-state index is 12.3. The molecule has 0 heterocycles. The molecule has 2 amide bonds. The van der Waals surface area contributed by atoms with Gasteiger partial charge in [0.25, 0.3) is 11.8 Å². The average Bonchev–Trinajstić information content (AvgIpc) is 2.62. The summed E-state index contributed by atoms with van der Waals surface area (Å²) in [6.07, 6.45) is 0. The summed E-state index contributed by atoms with van der Waals surface area (Å²) in [5, 5.41) is 0. The molecular formula is C18H18Br2N2O4. The maximum absolute atomic E-state index is 12.3. The van der Waals surface area contributed by atoms with E-state index < -0.39 is 11.8 Å². The van der Waals surface area contributed by atoms with E-state index in [9.17, 15) is 9.59 Å². The van der Waals surface area contributed by atoms with Crippen LogP contribution in [0.25, 0.3) is 0 Å². The van der Waals surface area contributed by atoms with Crippen molar-refractivity contribution < 1.29 is 19.1 Å². The van der Waals surface area contributed by atoms with Crippen molar-refractivity contribution in [2.45, 2.75) is 13.8 Å². The van der Waals surface area contributed by atoms with Crippen molar-refractivity contribution in [3.8, 4) is 11.5 Å². The van der Waals surface area contributed by atoms with E-state index in [1.807, 2.05) is 26.0 Å². The van der Waals surface area contributed by atoms with E-state index in [-0.39, 0.29) is 6.61 Å². The topological polar surface area (TPSA) is 76.7 Å². The number of benzene rings is 2. The number of nitrogens with one attached hydrogen (secondary N) is 2. The first-order valence-electron chi connectivity index (χ1n) is 7.81. The molecule has 0 radical (unpaired) electrons. The third kappa shape index (κ3) is 5.74. The number of rotatable bonds is 6. The van der Waals surface area contributed by atoms with Gasteiger partial charge in [-0.2, -0.15) is 0 Å². The van der Waals surface area contributed by atoms with Gasteiger partial charge in [-0.3, -0.25) is 20.4 Å². The number of hydrogen-bond acceptors (Lipinski definition) is 4. The Morgan fingerprint density at radius 2 is 1.81 bits per heavy atom. The largest absolute Gasteiger partial charge is 0.493 e. The van der Waals surface area contributed by atoms with Crippen LogP contribution >= 0.6 is 31.9 Å². The molecule has 138 valence electrons. The monoisotopic (exact) mass is 484 g/mol. The molecule has 0 aromatic heterocycles. The van der Waals surface area contributed by atoms with Gasteiger partial charge < -0.3 is 9.47 Å². The Hall–Kier alpha value is -2.06. The second-order valence-electron chi connectivity index (χ2n) is 5.28. The number of amides is 2. The van der Waals surface area contributed by atoms with Gasteiger partial charge >= 0.3 is 0 Å². The van der Waals surface area contributed by atoms with Crippen LogP contribution in [0.5, 0.6) is 11.5 Å². The van der Waals surface area contributed by atoms with Gasteiger partial charge in [-0.15, -0.1) is 0 Å². The molecule has 8 heteroatoms. The molecule has 2 rings (SSSR count). The Balaban J connectivity index is 1.89. The first-order valence-corrected chi connectivity index (χ1v) is 9.39. The van der Waals surface area contributed by atoms with E-state index in [0.717, 1.165) is 14.5 Å². The molecule has 0 aliphatic carbocycles. The fourth-order valence-corrected chi connectivity index (χ4v) is 2.65. The maximum Gasteiger partial charge on any atom is 0.276 e. The van der Waals surface area contributed by atoms with Gasteiger partial charge in [-0.05, 0) is 55.8 Å². The van der Waals surface area contributed by atoms with Gasteiger partial charge in [0.05, 0.1) is 12.2 Å². The first-order chi connectivity index (χ1) is 12.4. The summed E-state index contributed by atoms with van der Waals surface area (Å²) in [7, 11) is 0. The summed E-state index contributed by atoms with van der Waals surface area (Å²) in [4.78, 5) is 24.2. The van der Waals surface area contributed by atoms with Crippen molar-refractivity contribution >= 4 is 43.7 Å². The lowest BCUT2D eigenvalue weighted by Crippen LogP contribution is -2.44. The molecule has 26 heavy (non-hydrogen) atoms. The highest BCUT2D eigenvalue weighted by atomic mass is 79.9. The van der Waals surface area contributed by atoms with Crippen LogP contribution in [0.15, 0.2) is 45.3 Å². The molecule has 2 aromatic carbocycles. The van der Waals surface area contributed by atoms with Crippen molar-refractivity contribution in [2.24, 2.45) is 0 Å². The lowest BCUT2D eigenvalue weighted by atomic mass is 10.2. The minimum atomic E-state index is -0.484. The number of carbonyl (C=O) groups excluding carboxylic acids is 2. The fourth-order valence-electron chi connectivity index (χ4n) is 2.05. The van der Waals surface area contributed by atoms with Crippen molar-refractivity contribution in [1.29, 1.82) is 0 Å². The summed E-state index contributed by atoms with van der Waals surface area (Å²) in [6, 6.07) is 10.5. The molecule has 0 saturated heterocycles. The molecule has 0 atom stereocenters. The van der Waals surface area contributed by atoms with Crippen LogP contribution in [-0.2, 0) is 4.79 Å². The van der Waals surface area contributed by atoms with E-state index in [2.05, 4.69) is 42.7 Å². The Kier molecular flexibility index (Phi) is 7.47. The van der Waals surface area contributed by atoms with Crippen LogP contribution in [-0.4, -0.2) is 25.0 Å². The highest BCUT2D eigenvalue weighted by Crippen LogP contribution is 2.23. The summed E-state index contributed by atoms with van der Waals surface area (Å²) >= 11 is 6.71. The Bertz CT molecular complexity index is 812. The zero-order valence-corrected chi connectivity index (χ0v) is 17.4. The molecule has 6 nitrogen and oxygen atoms in total. The van der Waals surface area contributed by atoms with Crippen molar-refractivity contribution in [1.82, 2.24) is 10.9 Å². The van der Waals surface area contributed by atoms with Crippen LogP contribution in [0.3, 0.4) is 0 Å². The van der Waals surface area contributed by atoms with E-state index in [4.69, 9.17) is 9.47 Å². The molecule has 0 aliphatic heterocycles. The second-order valence-corrected chi connectivity index (χ2v) is 7.05. The third-order valence-corrected chi connectivity index (χ3v) is 4.68. The molecule has 2 N–H and O–H groups in total. The van der Waals surface area contributed by atoms with Gasteiger partial charge in [0.1, 0.15) is 11.5 Å². The van der Waals surface area contributed by atoms with E-state index in [1.165, 1.54) is 0 Å². The Labute approximate surface area is 168 Å². The van der Waals surface area contributed by atoms with Gasteiger partial charge in [0.2, 0.25) is 0 Å². The first kappa shape index (κ1) is 20.3. The third-order valence-electron chi connectivity index (χ3n) is 3.30. The quantitative estimate of drug-likeness (QED) is 0.611. The molecule has 2 aromatic rings. The zero-order valence-electron chi connectivity index (χ0n) is 14.3. The van der Waals surface area contributed by atoms with Crippen LogP contribution < -0.4 is 20.3 Å². The summed E-state index contributed by atoms with van der Waals surface area (Å²) < 4.78 is 12.5. The number of hydrazine groups is 1. The van der Waals surface area contributed by atoms with Gasteiger partial charge in [-0.25, -0.2) is 0 Å². The minimum absolute atomic E-state index is 0.224. The van der Waals surface area contributed by atoms with Crippen LogP contribution in [0.2, 0.25) is 0 Å². The molecule has 0 unspecified atom stereocenters. The second kappa shape index (κ2) is 9.59. The Morgan fingerprint density at radius 3 is 2.50 bits per heavy atom. The summed E-state index contributed by atoms with van der Waals surface area (Å²) in [5.41, 5.74) is 5.98. The number of hydrogen-bond donors (Lipinski definition) is 2. The van der Waals surface area contributed by atoms with Crippen molar-refractivity contribution in [3.63, 3.8) is 0 Å². The van der Waals surface area contributed by atoms with Gasteiger partial charge in [0, 0.05) is 8.95 Å². The lowest BCUT2D eigenvalue weighted by Gasteiger charge is -2.12. The SMILES string of the molecule is CCOc1ccc(Br)cc1C(=O)NNC(=O)COc1ccc(Br)c(C)c1. The summed E-state index contributed by atoms with van der Waals surface area (Å²) in [5.74, 6) is 0.0382. The molecule has 0 saturated carbocycles. The van der Waals surface area contributed by atoms with Crippen LogP contribution in [0.1, 0.15) is 22.8 Å². The summed E-state index contributed by atoms with van der Waals surface area (Å²) in [6.45, 7) is 3.95. The highest BCUT2D eigenvalue weighted by molar-refractivity contribution is 9.10. The number of halogens is 2. The van der Waals surface area contributed by atoms with Gasteiger partial charge in [0.15, 0.2) is 6.61 Å². The standard InChI is InChI=1S/C18H18Br2N2O4/c1-3-25-16-7-4-12(19)9-14(16)18(24)22-21-17(23)10-26-13-5-6-15(20)11(2)8-13/h4-9H,3,10H2,1-2H3,(H,21,23)(H,22,24). The zero-order chi connectivity index (χ0) is 19.1. The predicted molar refractivity (Wildman–Crippen MR) is 105 cm³/mol. The smallest absolute Gasteiger partial charge is 0.276 e.